The van der Waals surface area contributed by atoms with Gasteiger partial charge in [0.25, 0.3) is 10.0 Å². The molecule has 3 rings (SSSR count). The lowest BCUT2D eigenvalue weighted by Crippen LogP contribution is -2.42. The summed E-state index contributed by atoms with van der Waals surface area (Å²) in [6, 6.07) is 3.91. The van der Waals surface area contributed by atoms with Crippen LogP contribution in [0, 0.1) is 0 Å². The number of sulfonamides is 1. The number of nitrogens with one attached hydrogen (secondary N) is 1. The van der Waals surface area contributed by atoms with Gasteiger partial charge in [-0.2, -0.15) is 4.31 Å². The first kappa shape index (κ1) is 14.1. The maximum atomic E-state index is 12.6. The highest BCUT2D eigenvalue weighted by atomic mass is 32.2. The van der Waals surface area contributed by atoms with Gasteiger partial charge in [-0.15, -0.1) is 0 Å². The highest BCUT2D eigenvalue weighted by molar-refractivity contribution is 7.89. The minimum Gasteiger partial charge on any atom is -0.447 e. The molecule has 1 aromatic heterocycles. The average Bonchev–Trinajstić information content (AvgIpc) is 2.93. The van der Waals surface area contributed by atoms with Crippen LogP contribution in [-0.4, -0.2) is 30.8 Å². The molecule has 0 aromatic carbocycles. The summed E-state index contributed by atoms with van der Waals surface area (Å²) in [5.41, 5.74) is -0.321. The van der Waals surface area contributed by atoms with Gasteiger partial charge in [-0.05, 0) is 51.7 Å². The predicted molar refractivity (Wildman–Crippen MR) is 75.8 cm³/mol. The maximum absolute atomic E-state index is 12.6. The van der Waals surface area contributed by atoms with Gasteiger partial charge in [0.15, 0.2) is 0 Å². The third-order valence-corrected chi connectivity index (χ3v) is 6.13. The maximum Gasteiger partial charge on any atom is 0.276 e. The Morgan fingerprint density at radius 2 is 2.15 bits per heavy atom. The molecule has 2 heterocycles. The highest BCUT2D eigenvalue weighted by Gasteiger charge is 2.42. The van der Waals surface area contributed by atoms with E-state index in [0.29, 0.717) is 24.9 Å². The van der Waals surface area contributed by atoms with E-state index in [4.69, 9.17) is 4.42 Å². The van der Waals surface area contributed by atoms with Crippen LogP contribution in [-0.2, 0) is 16.6 Å². The second-order valence-electron chi connectivity index (χ2n) is 6.37. The summed E-state index contributed by atoms with van der Waals surface area (Å²) >= 11 is 0. The number of furan rings is 1. The molecule has 5 nitrogen and oxygen atoms in total. The lowest BCUT2D eigenvalue weighted by atomic mass is 10.0. The van der Waals surface area contributed by atoms with Crippen molar-refractivity contribution in [2.75, 3.05) is 6.54 Å². The van der Waals surface area contributed by atoms with Crippen molar-refractivity contribution in [3.63, 3.8) is 0 Å². The van der Waals surface area contributed by atoms with Crippen LogP contribution in [0.5, 0.6) is 0 Å². The first-order chi connectivity index (χ1) is 9.39. The molecule has 2 aliphatic rings. The fraction of sp³-hybridized carbons (Fsp3) is 0.714. The Morgan fingerprint density at radius 1 is 1.40 bits per heavy atom. The van der Waals surface area contributed by atoms with E-state index in [-0.39, 0.29) is 10.6 Å². The van der Waals surface area contributed by atoms with Crippen LogP contribution in [0.1, 0.15) is 45.3 Å². The summed E-state index contributed by atoms with van der Waals surface area (Å²) in [6.07, 6.45) is 4.20. The van der Waals surface area contributed by atoms with E-state index in [0.717, 1.165) is 12.8 Å². The van der Waals surface area contributed by atoms with Crippen molar-refractivity contribution in [1.82, 2.24) is 9.62 Å². The first-order valence-electron chi connectivity index (χ1n) is 7.24. The van der Waals surface area contributed by atoms with Crippen LogP contribution in [0.2, 0.25) is 0 Å². The SMILES string of the molecule is CC1(C)CCCN1S(=O)(=O)c1ccc(CNC2CC2)o1. The Morgan fingerprint density at radius 3 is 2.75 bits per heavy atom. The average molecular weight is 298 g/mol. The molecule has 20 heavy (non-hydrogen) atoms. The fourth-order valence-corrected chi connectivity index (χ4v) is 4.54. The Hall–Kier alpha value is -0.850. The molecule has 6 heteroatoms. The molecule has 1 N–H and O–H groups in total. The minimum atomic E-state index is -3.51. The molecule has 0 spiro atoms. The Balaban J connectivity index is 1.76. The zero-order valence-corrected chi connectivity index (χ0v) is 12.9. The van der Waals surface area contributed by atoms with Crippen molar-refractivity contribution >= 4 is 10.0 Å². The first-order valence-corrected chi connectivity index (χ1v) is 8.68. The van der Waals surface area contributed by atoms with E-state index in [1.165, 1.54) is 12.8 Å². The monoisotopic (exact) mass is 298 g/mol. The quantitative estimate of drug-likeness (QED) is 0.904. The molecular formula is C14H22N2O3S. The van der Waals surface area contributed by atoms with Crippen LogP contribution in [0.3, 0.4) is 0 Å². The topological polar surface area (TPSA) is 62.6 Å². The highest BCUT2D eigenvalue weighted by Crippen LogP contribution is 2.34. The van der Waals surface area contributed by atoms with Crippen molar-refractivity contribution in [1.29, 1.82) is 0 Å². The number of hydrogen-bond acceptors (Lipinski definition) is 4. The van der Waals surface area contributed by atoms with Gasteiger partial charge in [0.2, 0.25) is 5.09 Å². The van der Waals surface area contributed by atoms with E-state index in [1.807, 2.05) is 13.8 Å². The lowest BCUT2D eigenvalue weighted by molar-refractivity contribution is 0.280. The molecule has 2 fully saturated rings. The molecule has 1 aliphatic heterocycles. The fourth-order valence-electron chi connectivity index (χ4n) is 2.76. The molecule has 1 aromatic rings. The third-order valence-electron chi connectivity index (χ3n) is 4.15. The summed E-state index contributed by atoms with van der Waals surface area (Å²) in [4.78, 5) is 0. The zero-order chi connectivity index (χ0) is 14.4. The smallest absolute Gasteiger partial charge is 0.276 e. The largest absolute Gasteiger partial charge is 0.447 e. The predicted octanol–water partition coefficient (Wildman–Crippen LogP) is 2.09. The Labute approximate surface area is 120 Å². The third kappa shape index (κ3) is 2.64. The molecule has 0 radical (unpaired) electrons. The van der Waals surface area contributed by atoms with Crippen molar-refractivity contribution in [3.8, 4) is 0 Å². The van der Waals surface area contributed by atoms with Crippen LogP contribution in [0.15, 0.2) is 21.6 Å². The Bertz CT molecular complexity index is 587. The molecule has 0 atom stereocenters. The van der Waals surface area contributed by atoms with Gasteiger partial charge >= 0.3 is 0 Å². The van der Waals surface area contributed by atoms with Gasteiger partial charge in [0, 0.05) is 18.1 Å². The number of hydrogen-bond donors (Lipinski definition) is 1. The van der Waals surface area contributed by atoms with Gasteiger partial charge in [0.05, 0.1) is 6.54 Å². The van der Waals surface area contributed by atoms with Crippen LogP contribution >= 0.6 is 0 Å². The van der Waals surface area contributed by atoms with E-state index in [2.05, 4.69) is 5.32 Å². The molecule has 1 saturated carbocycles. The van der Waals surface area contributed by atoms with Crippen molar-refractivity contribution in [3.05, 3.63) is 17.9 Å². The van der Waals surface area contributed by atoms with E-state index in [9.17, 15) is 8.42 Å². The molecule has 0 bridgehead atoms. The van der Waals surface area contributed by atoms with Gasteiger partial charge in [0.1, 0.15) is 5.76 Å². The van der Waals surface area contributed by atoms with Gasteiger partial charge in [-0.3, -0.25) is 0 Å². The van der Waals surface area contributed by atoms with Crippen molar-refractivity contribution in [2.24, 2.45) is 0 Å². The van der Waals surface area contributed by atoms with E-state index in [1.54, 1.807) is 16.4 Å². The summed E-state index contributed by atoms with van der Waals surface area (Å²) in [5.74, 6) is 0.687. The zero-order valence-electron chi connectivity index (χ0n) is 12.1. The standard InChI is InChI=1S/C14H22N2O3S/c1-14(2)8-3-9-16(14)20(17,18)13-7-6-12(19-13)10-15-11-4-5-11/h6-7,11,15H,3-5,8-10H2,1-2H3. The molecular weight excluding hydrogens is 276 g/mol. The van der Waals surface area contributed by atoms with Crippen LogP contribution < -0.4 is 5.32 Å². The van der Waals surface area contributed by atoms with Crippen LogP contribution in [0.4, 0.5) is 0 Å². The van der Waals surface area contributed by atoms with Crippen molar-refractivity contribution in [2.45, 2.75) is 62.7 Å². The van der Waals surface area contributed by atoms with Crippen LogP contribution in [0.25, 0.3) is 0 Å². The molecule has 0 amide bonds. The summed E-state index contributed by atoms with van der Waals surface area (Å²) in [7, 11) is -3.51. The van der Waals surface area contributed by atoms with E-state index >= 15 is 0 Å². The van der Waals surface area contributed by atoms with Gasteiger partial charge < -0.3 is 9.73 Å². The van der Waals surface area contributed by atoms with Gasteiger partial charge in [-0.1, -0.05) is 0 Å². The normalized spacial score (nSPS) is 23.3. The summed E-state index contributed by atoms with van der Waals surface area (Å²) in [5, 5.41) is 3.39. The van der Waals surface area contributed by atoms with E-state index < -0.39 is 10.0 Å². The number of nitrogens with zero attached hydrogens (tertiary/aromatic N) is 1. The number of rotatable bonds is 5. The molecule has 112 valence electrons. The van der Waals surface area contributed by atoms with Gasteiger partial charge in [-0.25, -0.2) is 8.42 Å². The Kier molecular flexibility index (Phi) is 3.43. The molecule has 0 unspecified atom stereocenters. The summed E-state index contributed by atoms with van der Waals surface area (Å²) < 4.78 is 32.4. The summed E-state index contributed by atoms with van der Waals surface area (Å²) in [6.45, 7) is 5.11. The molecule has 1 saturated heterocycles. The van der Waals surface area contributed by atoms with Crippen molar-refractivity contribution < 1.29 is 12.8 Å². The second-order valence-corrected chi connectivity index (χ2v) is 8.16. The lowest BCUT2D eigenvalue weighted by Gasteiger charge is -2.29. The second kappa shape index (κ2) is 4.86. The molecule has 1 aliphatic carbocycles. The minimum absolute atomic E-state index is 0.0695.